The summed E-state index contributed by atoms with van der Waals surface area (Å²) in [5, 5.41) is 72.6. The van der Waals surface area contributed by atoms with Crippen LogP contribution in [0.4, 0.5) is 0 Å². The molecule has 7 N–H and O–H groups in total. The Balaban J connectivity index is 1.41. The van der Waals surface area contributed by atoms with Crippen LogP contribution in [0.1, 0.15) is 6.92 Å². The molecule has 0 aliphatic carbocycles. The minimum Gasteiger partial charge on any atom is -0.504 e. The number of aliphatic hydroxyl groups excluding tert-OH is 6. The van der Waals surface area contributed by atoms with Gasteiger partial charge in [0.05, 0.1) is 26.9 Å². The van der Waals surface area contributed by atoms with Gasteiger partial charge in [0, 0.05) is 17.7 Å². The molecule has 4 unspecified atom stereocenters. The van der Waals surface area contributed by atoms with Gasteiger partial charge in [0.15, 0.2) is 23.2 Å². The third-order valence-corrected chi connectivity index (χ3v) is 7.64. The average Bonchev–Trinajstić information content (AvgIpc) is 3.01. The molecular formula is C29H34O15. The quantitative estimate of drug-likeness (QED) is 0.163. The molecule has 44 heavy (non-hydrogen) atoms. The third kappa shape index (κ3) is 5.93. The number of aliphatic hydroxyl groups is 6. The van der Waals surface area contributed by atoms with Crippen molar-refractivity contribution in [2.45, 2.75) is 68.3 Å². The Kier molecular flexibility index (Phi) is 9.31. The lowest BCUT2D eigenvalue weighted by Gasteiger charge is -2.42. The largest absolute Gasteiger partial charge is 0.504 e. The van der Waals surface area contributed by atoms with Crippen molar-refractivity contribution in [3.63, 3.8) is 0 Å². The molecule has 1 aromatic heterocycles. The number of benzene rings is 2. The van der Waals surface area contributed by atoms with E-state index in [1.807, 2.05) is 0 Å². The lowest BCUT2D eigenvalue weighted by Crippen LogP contribution is -2.61. The first-order valence-corrected chi connectivity index (χ1v) is 13.6. The highest BCUT2D eigenvalue weighted by atomic mass is 16.7. The molecule has 0 spiro atoms. The van der Waals surface area contributed by atoms with E-state index in [0.29, 0.717) is 11.3 Å². The minimum atomic E-state index is -1.81. The zero-order valence-corrected chi connectivity index (χ0v) is 23.8. The zero-order valence-electron chi connectivity index (χ0n) is 23.8. The van der Waals surface area contributed by atoms with Crippen LogP contribution in [0.5, 0.6) is 23.0 Å². The molecule has 0 radical (unpaired) electrons. The van der Waals surface area contributed by atoms with Crippen LogP contribution >= 0.6 is 0 Å². The minimum absolute atomic E-state index is 0.0966. The van der Waals surface area contributed by atoms with Gasteiger partial charge in [-0.15, -0.1) is 0 Å². The summed E-state index contributed by atoms with van der Waals surface area (Å²) in [4.78, 5) is 13.0. The van der Waals surface area contributed by atoms with E-state index in [9.17, 15) is 40.5 Å². The number of ether oxygens (including phenoxy) is 6. The highest BCUT2D eigenvalue weighted by molar-refractivity contribution is 5.89. The molecule has 2 aliphatic rings. The summed E-state index contributed by atoms with van der Waals surface area (Å²) in [7, 11) is 2.72. The monoisotopic (exact) mass is 622 g/mol. The first kappa shape index (κ1) is 31.9. The summed E-state index contributed by atoms with van der Waals surface area (Å²) in [6.45, 7) is 0.947. The Morgan fingerprint density at radius 3 is 2.11 bits per heavy atom. The molecule has 0 bridgehead atoms. The number of rotatable bonds is 8. The molecule has 15 nitrogen and oxygen atoms in total. The maximum Gasteiger partial charge on any atom is 0.229 e. The van der Waals surface area contributed by atoms with Crippen molar-refractivity contribution < 1.29 is 68.6 Å². The van der Waals surface area contributed by atoms with Crippen LogP contribution in [-0.4, -0.2) is 118 Å². The van der Waals surface area contributed by atoms with Crippen LogP contribution < -0.4 is 19.6 Å². The predicted octanol–water partition coefficient (Wildman–Crippen LogP) is -0.787. The maximum absolute atomic E-state index is 13.0. The number of methoxy groups -OCH3 is 2. The molecule has 15 heteroatoms. The number of hydrogen-bond acceptors (Lipinski definition) is 15. The van der Waals surface area contributed by atoms with Crippen LogP contribution in [0, 0.1) is 0 Å². The Hall–Kier alpha value is -3.51. The molecule has 3 heterocycles. The fourth-order valence-corrected chi connectivity index (χ4v) is 5.06. The number of hydrogen-bond donors (Lipinski definition) is 7. The summed E-state index contributed by atoms with van der Waals surface area (Å²) in [5.41, 5.74) is -0.138. The van der Waals surface area contributed by atoms with E-state index in [2.05, 4.69) is 0 Å². The molecule has 10 atom stereocenters. The van der Waals surface area contributed by atoms with Crippen LogP contribution in [0.2, 0.25) is 0 Å². The van der Waals surface area contributed by atoms with Crippen LogP contribution in [0.3, 0.4) is 0 Å². The van der Waals surface area contributed by atoms with Gasteiger partial charge in [-0.1, -0.05) is 0 Å². The van der Waals surface area contributed by atoms with Crippen molar-refractivity contribution in [3.05, 3.63) is 46.6 Å². The summed E-state index contributed by atoms with van der Waals surface area (Å²) in [6, 6.07) is 9.13. The molecule has 3 aromatic rings. The Morgan fingerprint density at radius 2 is 1.45 bits per heavy atom. The van der Waals surface area contributed by atoms with E-state index in [0.717, 1.165) is 0 Å². The maximum atomic E-state index is 13.0. The lowest BCUT2D eigenvalue weighted by molar-refractivity contribution is -0.318. The van der Waals surface area contributed by atoms with Gasteiger partial charge in [0.1, 0.15) is 65.2 Å². The van der Waals surface area contributed by atoms with Gasteiger partial charge in [0.25, 0.3) is 0 Å². The van der Waals surface area contributed by atoms with Crippen LogP contribution in [0.25, 0.3) is 22.3 Å². The predicted molar refractivity (Wildman–Crippen MR) is 148 cm³/mol. The van der Waals surface area contributed by atoms with Gasteiger partial charge in [-0.05, 0) is 31.2 Å². The number of phenolic OH excluding ortho intramolecular Hbond substituents is 1. The second kappa shape index (κ2) is 12.8. The Bertz CT molecular complexity index is 1510. The molecular weight excluding hydrogens is 588 g/mol. The smallest absolute Gasteiger partial charge is 0.229 e. The molecule has 2 aromatic carbocycles. The Labute approximate surface area is 249 Å². The number of phenols is 1. The molecule has 2 saturated heterocycles. The summed E-state index contributed by atoms with van der Waals surface area (Å²) < 4.78 is 38.7. The van der Waals surface area contributed by atoms with Crippen molar-refractivity contribution in [3.8, 4) is 34.3 Å². The molecule has 0 amide bonds. The number of aromatic hydroxyl groups is 1. The van der Waals surface area contributed by atoms with Gasteiger partial charge >= 0.3 is 0 Å². The molecule has 5 rings (SSSR count). The third-order valence-electron chi connectivity index (χ3n) is 7.64. The van der Waals surface area contributed by atoms with E-state index in [-0.39, 0.29) is 28.2 Å². The summed E-state index contributed by atoms with van der Waals surface area (Å²) in [6.07, 6.45) is -15.2. The van der Waals surface area contributed by atoms with E-state index >= 15 is 0 Å². The van der Waals surface area contributed by atoms with Gasteiger partial charge in [-0.3, -0.25) is 4.79 Å². The lowest BCUT2D eigenvalue weighted by atomic mass is 9.98. The molecule has 0 saturated carbocycles. The summed E-state index contributed by atoms with van der Waals surface area (Å²) >= 11 is 0. The van der Waals surface area contributed by atoms with E-state index in [1.54, 1.807) is 24.3 Å². The van der Waals surface area contributed by atoms with Crippen molar-refractivity contribution >= 4 is 11.0 Å². The van der Waals surface area contributed by atoms with Crippen LogP contribution in [0.15, 0.2) is 45.6 Å². The van der Waals surface area contributed by atoms with Crippen molar-refractivity contribution in [2.75, 3.05) is 20.8 Å². The normalized spacial score (nSPS) is 32.4. The van der Waals surface area contributed by atoms with Gasteiger partial charge in [-0.25, -0.2) is 0 Å². The second-order valence-electron chi connectivity index (χ2n) is 10.5. The van der Waals surface area contributed by atoms with Gasteiger partial charge in [-0.2, -0.15) is 0 Å². The van der Waals surface area contributed by atoms with Crippen molar-refractivity contribution in [2.24, 2.45) is 0 Å². The fraction of sp³-hybridized carbons (Fsp3) is 0.483. The van der Waals surface area contributed by atoms with Gasteiger partial charge < -0.3 is 68.6 Å². The molecule has 240 valence electrons. The van der Waals surface area contributed by atoms with E-state index < -0.39 is 79.2 Å². The molecule has 2 aliphatic heterocycles. The Morgan fingerprint density at radius 1 is 0.795 bits per heavy atom. The van der Waals surface area contributed by atoms with Gasteiger partial charge in [0.2, 0.25) is 12.0 Å². The molecule has 2 fully saturated rings. The standard InChI is InChI=1S/C29H34O15/c1-11-20(31)23(34)25(36)28(41-11)40-10-18-21(32)24(35)26(37)29(44-18)43-17-9-16-19(22(33)27(17)39-3)14(30)8-15(42-16)12-4-6-13(38-2)7-5-12/h4-9,11,18,20-21,23-26,28-29,31-37H,10H2,1-3H3/t11?,18?,20-,21+,23-,24-,25?,26?,28+,29+/m0/s1. The zero-order chi connectivity index (χ0) is 31.9. The first-order valence-electron chi connectivity index (χ1n) is 13.6. The summed E-state index contributed by atoms with van der Waals surface area (Å²) in [5.74, 6) is -0.391. The second-order valence-corrected chi connectivity index (χ2v) is 10.5. The van der Waals surface area contributed by atoms with Crippen LogP contribution in [-0.2, 0) is 14.2 Å². The van der Waals surface area contributed by atoms with Crippen molar-refractivity contribution in [1.82, 2.24) is 0 Å². The van der Waals surface area contributed by atoms with Crippen molar-refractivity contribution in [1.29, 1.82) is 0 Å². The first-order chi connectivity index (χ1) is 20.9. The SMILES string of the molecule is COc1ccc(-c2cc(=O)c3c(O)c(OC)c(O[C@@H]4OC(CO[C@@H]5OC(C)[C@H](O)[C@H](O)C5O)[C@@H](O)[C@H](O)C4O)cc3o2)cc1. The van der Waals surface area contributed by atoms with E-state index in [4.69, 9.17) is 32.8 Å². The highest BCUT2D eigenvalue weighted by Crippen LogP contribution is 2.43. The highest BCUT2D eigenvalue weighted by Gasteiger charge is 2.47. The number of fused-ring (bicyclic) bond motifs is 1. The fourth-order valence-electron chi connectivity index (χ4n) is 5.06. The topological polar surface area (TPSA) is 227 Å². The van der Waals surface area contributed by atoms with E-state index in [1.165, 1.54) is 33.3 Å². The average molecular weight is 623 g/mol.